The van der Waals surface area contributed by atoms with Gasteiger partial charge >= 0.3 is 0 Å². The van der Waals surface area contributed by atoms with Gasteiger partial charge < -0.3 is 15.5 Å². The number of nitrogens with zero attached hydrogens (tertiary/aromatic N) is 2. The van der Waals surface area contributed by atoms with E-state index in [9.17, 15) is 4.79 Å². The summed E-state index contributed by atoms with van der Waals surface area (Å²) in [4.78, 5) is 16.4. The van der Waals surface area contributed by atoms with Crippen molar-refractivity contribution in [1.82, 2.24) is 4.90 Å². The normalized spacial score (nSPS) is 15.4. The third-order valence-electron chi connectivity index (χ3n) is 3.85. The molecule has 0 unspecified atom stereocenters. The van der Waals surface area contributed by atoms with Crippen LogP contribution in [0, 0.1) is 0 Å². The van der Waals surface area contributed by atoms with Gasteiger partial charge in [-0.1, -0.05) is 24.6 Å². The van der Waals surface area contributed by atoms with Gasteiger partial charge in [-0.15, -0.1) is 0 Å². The Bertz CT molecular complexity index is 399. The zero-order valence-corrected chi connectivity index (χ0v) is 12.1. The number of unbranched alkanes of at least 4 members (excludes halogenated alkanes) is 2. The van der Waals surface area contributed by atoms with Crippen LogP contribution >= 0.6 is 0 Å². The number of anilines is 1. The molecule has 1 aliphatic rings. The molecule has 1 fully saturated rings. The van der Waals surface area contributed by atoms with E-state index in [2.05, 4.69) is 29.2 Å². The molecule has 1 saturated heterocycles. The van der Waals surface area contributed by atoms with E-state index in [0.29, 0.717) is 12.3 Å². The van der Waals surface area contributed by atoms with Gasteiger partial charge in [0.1, 0.15) is 0 Å². The summed E-state index contributed by atoms with van der Waals surface area (Å²) in [6.07, 6.45) is 3.72. The molecule has 0 bridgehead atoms. The zero-order chi connectivity index (χ0) is 14.2. The fraction of sp³-hybridized carbons (Fsp3) is 0.562. The van der Waals surface area contributed by atoms with Crippen molar-refractivity contribution in [3.63, 3.8) is 0 Å². The molecule has 1 aromatic rings. The molecule has 1 amide bonds. The number of rotatable bonds is 6. The summed E-state index contributed by atoms with van der Waals surface area (Å²) in [6.45, 7) is 4.26. The summed E-state index contributed by atoms with van der Waals surface area (Å²) in [5.41, 5.74) is 6.71. The molecular weight excluding hydrogens is 250 g/mol. The Balaban J connectivity index is 1.72. The molecule has 20 heavy (non-hydrogen) atoms. The van der Waals surface area contributed by atoms with Crippen LogP contribution in [0.5, 0.6) is 0 Å². The second-order valence-corrected chi connectivity index (χ2v) is 5.30. The second-order valence-electron chi connectivity index (χ2n) is 5.30. The Morgan fingerprint density at radius 3 is 2.35 bits per heavy atom. The van der Waals surface area contributed by atoms with Crippen LogP contribution in [0.1, 0.15) is 25.7 Å². The van der Waals surface area contributed by atoms with Crippen LogP contribution in [0.25, 0.3) is 0 Å². The van der Waals surface area contributed by atoms with Crippen molar-refractivity contribution in [3.8, 4) is 0 Å². The van der Waals surface area contributed by atoms with Crippen molar-refractivity contribution in [2.24, 2.45) is 5.73 Å². The lowest BCUT2D eigenvalue weighted by atomic mass is 10.1. The molecule has 2 rings (SSSR count). The molecular formula is C16H25N3O. The summed E-state index contributed by atoms with van der Waals surface area (Å²) >= 11 is 0. The molecule has 0 aromatic heterocycles. The minimum Gasteiger partial charge on any atom is -0.368 e. The predicted molar refractivity (Wildman–Crippen MR) is 82.8 cm³/mol. The van der Waals surface area contributed by atoms with E-state index in [1.165, 1.54) is 5.69 Å². The van der Waals surface area contributed by atoms with Crippen molar-refractivity contribution in [3.05, 3.63) is 30.3 Å². The molecule has 1 aromatic carbocycles. The summed E-state index contributed by atoms with van der Waals surface area (Å²) in [5.74, 6) is 0.301. The second kappa shape index (κ2) is 7.90. The number of piperazine rings is 1. The number of hydrogen-bond acceptors (Lipinski definition) is 3. The number of amides is 1. The molecule has 0 spiro atoms. The molecule has 1 aliphatic heterocycles. The van der Waals surface area contributed by atoms with Crippen LogP contribution in [0.3, 0.4) is 0 Å². The van der Waals surface area contributed by atoms with Gasteiger partial charge in [0.05, 0.1) is 0 Å². The van der Waals surface area contributed by atoms with Crippen molar-refractivity contribution >= 4 is 11.6 Å². The molecule has 0 aliphatic carbocycles. The van der Waals surface area contributed by atoms with Gasteiger partial charge in [-0.25, -0.2) is 0 Å². The van der Waals surface area contributed by atoms with Crippen molar-refractivity contribution in [1.29, 1.82) is 0 Å². The Morgan fingerprint density at radius 2 is 1.70 bits per heavy atom. The molecule has 0 atom stereocenters. The standard InChI is InChI=1S/C16H25N3O/c17-10-6-2-5-9-16(20)19-13-11-18(12-14-19)15-7-3-1-4-8-15/h1,3-4,7-8H,2,5-6,9-14,17H2. The number of hydrogen-bond donors (Lipinski definition) is 1. The minimum atomic E-state index is 0.301. The third kappa shape index (κ3) is 4.23. The Kier molecular flexibility index (Phi) is 5.87. The molecule has 4 heteroatoms. The fourth-order valence-corrected chi connectivity index (χ4v) is 2.61. The largest absolute Gasteiger partial charge is 0.368 e. The number of para-hydroxylation sites is 1. The Labute approximate surface area is 121 Å². The first-order valence-corrected chi connectivity index (χ1v) is 7.59. The number of benzene rings is 1. The van der Waals surface area contributed by atoms with Crippen molar-refractivity contribution < 1.29 is 4.79 Å². The molecule has 1 heterocycles. The van der Waals surface area contributed by atoms with Crippen molar-refractivity contribution in [2.45, 2.75) is 25.7 Å². The van der Waals surface area contributed by atoms with E-state index in [1.807, 2.05) is 11.0 Å². The number of carbonyl (C=O) groups excluding carboxylic acids is 1. The van der Waals surface area contributed by atoms with Gasteiger partial charge in [0, 0.05) is 38.3 Å². The van der Waals surface area contributed by atoms with Gasteiger partial charge in [0.15, 0.2) is 0 Å². The first kappa shape index (κ1) is 14.9. The predicted octanol–water partition coefficient (Wildman–Crippen LogP) is 1.85. The third-order valence-corrected chi connectivity index (χ3v) is 3.85. The van der Waals surface area contributed by atoms with Gasteiger partial charge in [-0.3, -0.25) is 4.79 Å². The lowest BCUT2D eigenvalue weighted by Gasteiger charge is -2.36. The first-order chi connectivity index (χ1) is 9.81. The van der Waals surface area contributed by atoms with Crippen molar-refractivity contribution in [2.75, 3.05) is 37.6 Å². The highest BCUT2D eigenvalue weighted by Gasteiger charge is 2.20. The van der Waals surface area contributed by atoms with Crippen LogP contribution in [0.4, 0.5) is 5.69 Å². The van der Waals surface area contributed by atoms with Gasteiger partial charge in [0.25, 0.3) is 0 Å². The lowest BCUT2D eigenvalue weighted by molar-refractivity contribution is -0.131. The quantitative estimate of drug-likeness (QED) is 0.806. The van der Waals surface area contributed by atoms with Crippen LogP contribution in [-0.4, -0.2) is 43.5 Å². The highest BCUT2D eigenvalue weighted by Crippen LogP contribution is 2.16. The van der Waals surface area contributed by atoms with E-state index in [-0.39, 0.29) is 0 Å². The van der Waals surface area contributed by atoms with Crippen LogP contribution in [0.15, 0.2) is 30.3 Å². The molecule has 110 valence electrons. The molecule has 2 N–H and O–H groups in total. The summed E-state index contributed by atoms with van der Waals surface area (Å²) in [5, 5.41) is 0. The van der Waals surface area contributed by atoms with Crippen LogP contribution in [-0.2, 0) is 4.79 Å². The molecule has 4 nitrogen and oxygen atoms in total. The van der Waals surface area contributed by atoms with Gasteiger partial charge in [-0.2, -0.15) is 0 Å². The highest BCUT2D eigenvalue weighted by atomic mass is 16.2. The lowest BCUT2D eigenvalue weighted by Crippen LogP contribution is -2.48. The zero-order valence-electron chi connectivity index (χ0n) is 12.1. The van der Waals surface area contributed by atoms with E-state index in [0.717, 1.165) is 52.0 Å². The topological polar surface area (TPSA) is 49.6 Å². The minimum absolute atomic E-state index is 0.301. The summed E-state index contributed by atoms with van der Waals surface area (Å²) < 4.78 is 0. The number of nitrogens with two attached hydrogens (primary N) is 1. The smallest absolute Gasteiger partial charge is 0.222 e. The average molecular weight is 275 g/mol. The molecule has 0 saturated carbocycles. The van der Waals surface area contributed by atoms with E-state index < -0.39 is 0 Å². The van der Waals surface area contributed by atoms with E-state index in [1.54, 1.807) is 0 Å². The van der Waals surface area contributed by atoms with Crippen LogP contribution < -0.4 is 10.6 Å². The highest BCUT2D eigenvalue weighted by molar-refractivity contribution is 5.76. The fourth-order valence-electron chi connectivity index (χ4n) is 2.61. The monoisotopic (exact) mass is 275 g/mol. The SMILES string of the molecule is NCCCCCC(=O)N1CCN(c2ccccc2)CC1. The Morgan fingerprint density at radius 1 is 1.00 bits per heavy atom. The maximum absolute atomic E-state index is 12.1. The molecule has 0 radical (unpaired) electrons. The Hall–Kier alpha value is -1.55. The van der Waals surface area contributed by atoms with Gasteiger partial charge in [-0.05, 0) is 31.5 Å². The maximum Gasteiger partial charge on any atom is 0.222 e. The van der Waals surface area contributed by atoms with E-state index in [4.69, 9.17) is 5.73 Å². The summed E-state index contributed by atoms with van der Waals surface area (Å²) in [6, 6.07) is 10.4. The first-order valence-electron chi connectivity index (χ1n) is 7.59. The average Bonchev–Trinajstić information content (AvgIpc) is 2.52. The van der Waals surface area contributed by atoms with Gasteiger partial charge in [0.2, 0.25) is 5.91 Å². The summed E-state index contributed by atoms with van der Waals surface area (Å²) in [7, 11) is 0. The van der Waals surface area contributed by atoms with Crippen LogP contribution in [0.2, 0.25) is 0 Å². The number of carbonyl (C=O) groups is 1. The van der Waals surface area contributed by atoms with E-state index >= 15 is 0 Å². The maximum atomic E-state index is 12.1.